The number of nitrogens with one attached hydrogen (secondary N) is 1. The maximum absolute atomic E-state index is 13.9. The number of hydrogen-bond acceptors (Lipinski definition) is 3. The average molecular weight is 441 g/mol. The van der Waals surface area contributed by atoms with Crippen molar-refractivity contribution in [2.75, 3.05) is 6.61 Å². The number of carbonyl (C=O) groups is 2. The van der Waals surface area contributed by atoms with Crippen molar-refractivity contribution in [1.29, 1.82) is 0 Å². The molecule has 0 bridgehead atoms. The summed E-state index contributed by atoms with van der Waals surface area (Å²) >= 11 is 0. The van der Waals surface area contributed by atoms with Gasteiger partial charge in [0.25, 0.3) is 0 Å². The van der Waals surface area contributed by atoms with Crippen LogP contribution in [0.15, 0.2) is 60.7 Å². The van der Waals surface area contributed by atoms with Crippen LogP contribution >= 0.6 is 0 Å². The summed E-state index contributed by atoms with van der Waals surface area (Å²) in [6, 6.07) is 14.7. The van der Waals surface area contributed by atoms with E-state index in [0.717, 1.165) is 22.3 Å². The summed E-state index contributed by atoms with van der Waals surface area (Å²) in [4.78, 5) is 23.8. The normalized spacial score (nSPS) is 13.2. The van der Waals surface area contributed by atoms with Gasteiger partial charge in [0.05, 0.1) is 0 Å². The van der Waals surface area contributed by atoms with E-state index in [2.05, 4.69) is 5.32 Å². The zero-order chi connectivity index (χ0) is 22.8. The van der Waals surface area contributed by atoms with E-state index >= 15 is 0 Å². The lowest BCUT2D eigenvalue weighted by atomic mass is 9.98. The van der Waals surface area contributed by atoms with E-state index in [9.17, 15) is 27.9 Å². The Labute approximate surface area is 181 Å². The third kappa shape index (κ3) is 4.16. The first kappa shape index (κ1) is 21.4. The van der Waals surface area contributed by atoms with Crippen molar-refractivity contribution >= 4 is 12.1 Å². The molecule has 4 rings (SSSR count). The summed E-state index contributed by atoms with van der Waals surface area (Å²) in [5.41, 5.74) is 3.67. The number of fused-ring (bicyclic) bond motifs is 3. The zero-order valence-corrected chi connectivity index (χ0v) is 16.6. The lowest BCUT2D eigenvalue weighted by Crippen LogP contribution is -2.43. The van der Waals surface area contributed by atoms with Crippen LogP contribution in [0.1, 0.15) is 22.6 Å². The average Bonchev–Trinajstić information content (AvgIpc) is 3.09. The van der Waals surface area contributed by atoms with Crippen LogP contribution in [0.3, 0.4) is 0 Å². The van der Waals surface area contributed by atoms with Gasteiger partial charge in [-0.25, -0.2) is 22.8 Å². The Morgan fingerprint density at radius 2 is 1.47 bits per heavy atom. The zero-order valence-electron chi connectivity index (χ0n) is 16.6. The molecule has 32 heavy (non-hydrogen) atoms. The molecule has 3 aromatic rings. The van der Waals surface area contributed by atoms with Crippen molar-refractivity contribution in [2.45, 2.75) is 18.4 Å². The predicted octanol–water partition coefficient (Wildman–Crippen LogP) is 4.64. The first-order valence-electron chi connectivity index (χ1n) is 9.83. The highest BCUT2D eigenvalue weighted by Crippen LogP contribution is 2.44. The number of aliphatic carboxylic acids is 1. The molecule has 0 fully saturated rings. The second-order valence-electron chi connectivity index (χ2n) is 7.42. The van der Waals surface area contributed by atoms with Gasteiger partial charge in [0.1, 0.15) is 18.5 Å². The van der Waals surface area contributed by atoms with E-state index in [1.807, 2.05) is 48.5 Å². The standard InChI is InChI=1S/C24H18F3NO4/c25-19-11-21(27)20(26)9-13(19)10-22(23(29)30)28-24(31)32-12-18-16-7-3-1-5-14(16)15-6-2-4-8-17(15)18/h1-9,11,18,22H,10,12H2,(H,28,31)(H,29,30)/t22-/m1/s1. The van der Waals surface area contributed by atoms with E-state index in [1.165, 1.54) is 0 Å². The summed E-state index contributed by atoms with van der Waals surface area (Å²) in [6.45, 7) is -0.0360. The van der Waals surface area contributed by atoms with E-state index < -0.39 is 42.0 Å². The largest absolute Gasteiger partial charge is 0.480 e. The minimum absolute atomic E-state index is 0.0360. The second kappa shape index (κ2) is 8.74. The summed E-state index contributed by atoms with van der Waals surface area (Å²) < 4.78 is 45.7. The van der Waals surface area contributed by atoms with Gasteiger partial charge in [0.15, 0.2) is 11.6 Å². The molecular weight excluding hydrogens is 423 g/mol. The minimum Gasteiger partial charge on any atom is -0.480 e. The Balaban J connectivity index is 1.45. The van der Waals surface area contributed by atoms with Crippen LogP contribution in [0, 0.1) is 17.5 Å². The SMILES string of the molecule is O=C(N[C@H](Cc1cc(F)c(F)cc1F)C(=O)O)OCC1c2ccccc2-c2ccccc21. The molecule has 0 saturated carbocycles. The van der Waals surface area contributed by atoms with Gasteiger partial charge < -0.3 is 15.2 Å². The predicted molar refractivity (Wildman–Crippen MR) is 110 cm³/mol. The summed E-state index contributed by atoms with van der Waals surface area (Å²) in [5.74, 6) is -5.50. The van der Waals surface area contributed by atoms with Crippen molar-refractivity contribution < 1.29 is 32.6 Å². The highest BCUT2D eigenvalue weighted by molar-refractivity contribution is 5.81. The van der Waals surface area contributed by atoms with Crippen LogP contribution in [0.2, 0.25) is 0 Å². The first-order valence-corrected chi connectivity index (χ1v) is 9.83. The molecule has 1 aliphatic rings. The molecule has 164 valence electrons. The van der Waals surface area contributed by atoms with E-state index in [-0.39, 0.29) is 18.1 Å². The van der Waals surface area contributed by atoms with E-state index in [0.29, 0.717) is 12.1 Å². The monoisotopic (exact) mass is 441 g/mol. The van der Waals surface area contributed by atoms with Gasteiger partial charge in [0.2, 0.25) is 0 Å². The molecule has 1 atom stereocenters. The van der Waals surface area contributed by atoms with Crippen LogP contribution in [0.5, 0.6) is 0 Å². The highest BCUT2D eigenvalue weighted by Gasteiger charge is 2.30. The fourth-order valence-electron chi connectivity index (χ4n) is 3.92. The number of hydrogen-bond donors (Lipinski definition) is 2. The van der Waals surface area contributed by atoms with Gasteiger partial charge >= 0.3 is 12.1 Å². The van der Waals surface area contributed by atoms with Gasteiger partial charge in [-0.3, -0.25) is 0 Å². The van der Waals surface area contributed by atoms with Gasteiger partial charge in [-0.1, -0.05) is 48.5 Å². The molecule has 1 amide bonds. The van der Waals surface area contributed by atoms with Gasteiger partial charge in [0, 0.05) is 18.4 Å². The van der Waals surface area contributed by atoms with Crippen molar-refractivity contribution in [3.63, 3.8) is 0 Å². The Kier molecular flexibility index (Phi) is 5.85. The quantitative estimate of drug-likeness (QED) is 0.547. The summed E-state index contributed by atoms with van der Waals surface area (Å²) in [6.07, 6.45) is -1.59. The number of rotatable bonds is 6. The topological polar surface area (TPSA) is 75.6 Å². The molecule has 1 aliphatic carbocycles. The number of carboxylic acid groups (broad SMARTS) is 1. The smallest absolute Gasteiger partial charge is 0.407 e. The number of ether oxygens (including phenoxy) is 1. The molecule has 5 nitrogen and oxygen atoms in total. The molecule has 8 heteroatoms. The van der Waals surface area contributed by atoms with Crippen LogP contribution in [-0.2, 0) is 16.0 Å². The third-order valence-corrected chi connectivity index (χ3v) is 5.45. The first-order chi connectivity index (χ1) is 15.3. The number of alkyl carbamates (subject to hydrolysis) is 1. The van der Waals surface area contributed by atoms with Crippen molar-refractivity contribution in [3.05, 3.63) is 94.8 Å². The van der Waals surface area contributed by atoms with Gasteiger partial charge in [-0.2, -0.15) is 0 Å². The van der Waals surface area contributed by atoms with E-state index in [1.54, 1.807) is 0 Å². The molecule has 0 aliphatic heterocycles. The van der Waals surface area contributed by atoms with E-state index in [4.69, 9.17) is 4.74 Å². The van der Waals surface area contributed by atoms with Crippen LogP contribution in [0.25, 0.3) is 11.1 Å². The Morgan fingerprint density at radius 3 is 2.06 bits per heavy atom. The molecule has 0 radical (unpaired) electrons. The Bertz CT molecular complexity index is 1150. The molecule has 2 N–H and O–H groups in total. The third-order valence-electron chi connectivity index (χ3n) is 5.45. The molecular formula is C24H18F3NO4. The number of halogens is 3. The fourth-order valence-corrected chi connectivity index (χ4v) is 3.92. The molecule has 0 unspecified atom stereocenters. The molecule has 0 saturated heterocycles. The molecule has 0 aromatic heterocycles. The molecule has 3 aromatic carbocycles. The minimum atomic E-state index is -1.59. The van der Waals surface area contributed by atoms with Crippen LogP contribution in [-0.4, -0.2) is 29.8 Å². The molecule has 0 heterocycles. The molecule has 0 spiro atoms. The van der Waals surface area contributed by atoms with Crippen molar-refractivity contribution in [1.82, 2.24) is 5.32 Å². The second-order valence-corrected chi connectivity index (χ2v) is 7.42. The van der Waals surface area contributed by atoms with Gasteiger partial charge in [-0.05, 0) is 33.9 Å². The van der Waals surface area contributed by atoms with Gasteiger partial charge in [-0.15, -0.1) is 0 Å². The maximum Gasteiger partial charge on any atom is 0.407 e. The van der Waals surface area contributed by atoms with Crippen molar-refractivity contribution in [3.8, 4) is 11.1 Å². The fraction of sp³-hybridized carbons (Fsp3) is 0.167. The van der Waals surface area contributed by atoms with Crippen LogP contribution < -0.4 is 5.32 Å². The summed E-state index contributed by atoms with van der Waals surface area (Å²) in [5, 5.41) is 11.5. The van der Waals surface area contributed by atoms with Crippen molar-refractivity contribution in [2.24, 2.45) is 0 Å². The number of carboxylic acids is 1. The highest BCUT2D eigenvalue weighted by atomic mass is 19.2. The number of benzene rings is 3. The van der Waals surface area contributed by atoms with Crippen LogP contribution in [0.4, 0.5) is 18.0 Å². The lowest BCUT2D eigenvalue weighted by molar-refractivity contribution is -0.139. The number of amides is 1. The Morgan fingerprint density at radius 1 is 0.906 bits per heavy atom. The summed E-state index contributed by atoms with van der Waals surface area (Å²) in [7, 11) is 0. The number of carbonyl (C=O) groups excluding carboxylic acids is 1. The Hall–Kier alpha value is -3.81. The maximum atomic E-state index is 13.9. The lowest BCUT2D eigenvalue weighted by Gasteiger charge is -2.18.